The van der Waals surface area contributed by atoms with E-state index in [0.717, 1.165) is 22.0 Å². The highest BCUT2D eigenvalue weighted by atomic mass is 79.9. The number of aromatic nitrogens is 2. The molecule has 1 heterocycles. The lowest BCUT2D eigenvalue weighted by molar-refractivity contribution is 0.249. The van der Waals surface area contributed by atoms with Gasteiger partial charge in [-0.05, 0) is 55.8 Å². The molecule has 0 radical (unpaired) electrons. The number of anilines is 1. The molecule has 7 heteroatoms. The van der Waals surface area contributed by atoms with Gasteiger partial charge in [0.25, 0.3) is 5.89 Å². The summed E-state index contributed by atoms with van der Waals surface area (Å²) in [4.78, 5) is 16.3. The number of urea groups is 1. The van der Waals surface area contributed by atoms with Gasteiger partial charge >= 0.3 is 6.03 Å². The number of carbonyl (C=O) groups is 1. The van der Waals surface area contributed by atoms with E-state index in [1.54, 1.807) is 12.1 Å². The second-order valence-corrected chi connectivity index (χ2v) is 6.83. The van der Waals surface area contributed by atoms with E-state index in [1.165, 1.54) is 0 Å². The summed E-state index contributed by atoms with van der Waals surface area (Å²) in [7, 11) is 0. The van der Waals surface area contributed by atoms with Gasteiger partial charge in [-0.1, -0.05) is 34.1 Å². The highest BCUT2D eigenvalue weighted by Gasteiger charge is 2.11. The number of halogens is 1. The van der Waals surface area contributed by atoms with Crippen LogP contribution in [0.4, 0.5) is 10.5 Å². The van der Waals surface area contributed by atoms with Gasteiger partial charge in [-0.2, -0.15) is 4.98 Å². The molecule has 0 saturated heterocycles. The third-order valence-corrected chi connectivity index (χ3v) is 4.38. The molecular formula is C19H19BrN4O2. The average Bonchev–Trinajstić information content (AvgIpc) is 3.12. The Hall–Kier alpha value is -2.67. The maximum absolute atomic E-state index is 11.9. The summed E-state index contributed by atoms with van der Waals surface area (Å²) in [6, 6.07) is 14.9. The van der Waals surface area contributed by atoms with Crippen LogP contribution in [0.25, 0.3) is 22.8 Å². The van der Waals surface area contributed by atoms with Crippen LogP contribution in [0.1, 0.15) is 20.3 Å². The number of nitrogens with one attached hydrogen (secondary N) is 2. The number of hydrogen-bond donors (Lipinski definition) is 2. The summed E-state index contributed by atoms with van der Waals surface area (Å²) >= 11 is 3.43. The van der Waals surface area contributed by atoms with Crippen LogP contribution in [0.3, 0.4) is 0 Å². The Balaban J connectivity index is 1.70. The highest BCUT2D eigenvalue weighted by molar-refractivity contribution is 9.10. The molecule has 0 spiro atoms. The van der Waals surface area contributed by atoms with Crippen molar-refractivity contribution in [2.75, 3.05) is 5.32 Å². The van der Waals surface area contributed by atoms with E-state index in [9.17, 15) is 4.79 Å². The van der Waals surface area contributed by atoms with E-state index in [1.807, 2.05) is 50.2 Å². The van der Waals surface area contributed by atoms with Crippen LogP contribution in [0.2, 0.25) is 0 Å². The summed E-state index contributed by atoms with van der Waals surface area (Å²) in [6.07, 6.45) is 0.879. The van der Waals surface area contributed by atoms with Crippen LogP contribution in [0.5, 0.6) is 0 Å². The number of carbonyl (C=O) groups excluding carboxylic acids is 1. The van der Waals surface area contributed by atoms with Crippen molar-refractivity contribution >= 4 is 27.6 Å². The number of hydrogen-bond acceptors (Lipinski definition) is 4. The van der Waals surface area contributed by atoms with Gasteiger partial charge in [0.05, 0.1) is 0 Å². The molecule has 3 rings (SSSR count). The smallest absolute Gasteiger partial charge is 0.319 e. The quantitative estimate of drug-likeness (QED) is 0.609. The molecule has 6 nitrogen and oxygen atoms in total. The minimum atomic E-state index is -0.219. The van der Waals surface area contributed by atoms with Crippen molar-refractivity contribution in [3.8, 4) is 22.8 Å². The van der Waals surface area contributed by atoms with E-state index in [4.69, 9.17) is 4.52 Å². The SMILES string of the molecule is CCC(C)NC(=O)Nc1ccc(-c2noc(-c3cccc(Br)c3)n2)cc1. The van der Waals surface area contributed by atoms with Crippen LogP contribution in [0.15, 0.2) is 57.5 Å². The van der Waals surface area contributed by atoms with Crippen molar-refractivity contribution in [3.63, 3.8) is 0 Å². The Morgan fingerprint density at radius 3 is 2.65 bits per heavy atom. The Bertz CT molecular complexity index is 893. The van der Waals surface area contributed by atoms with Gasteiger partial charge in [0.1, 0.15) is 0 Å². The van der Waals surface area contributed by atoms with E-state index in [2.05, 4.69) is 36.7 Å². The lowest BCUT2D eigenvalue weighted by Gasteiger charge is -2.12. The minimum Gasteiger partial charge on any atom is -0.335 e. The molecule has 2 N–H and O–H groups in total. The fraction of sp³-hybridized carbons (Fsp3) is 0.211. The third kappa shape index (κ3) is 4.49. The molecule has 0 saturated carbocycles. The van der Waals surface area contributed by atoms with Crippen LogP contribution in [-0.2, 0) is 0 Å². The topological polar surface area (TPSA) is 80.0 Å². The maximum Gasteiger partial charge on any atom is 0.319 e. The third-order valence-electron chi connectivity index (χ3n) is 3.89. The standard InChI is InChI=1S/C19H19BrN4O2/c1-3-12(2)21-19(25)22-16-9-7-13(8-10-16)17-23-18(26-24-17)14-5-4-6-15(20)11-14/h4-12H,3H2,1-2H3,(H2,21,22,25). The van der Waals surface area contributed by atoms with Gasteiger partial charge in [0.2, 0.25) is 5.82 Å². The Morgan fingerprint density at radius 2 is 1.96 bits per heavy atom. The molecule has 1 unspecified atom stereocenters. The largest absolute Gasteiger partial charge is 0.335 e. The first-order valence-electron chi connectivity index (χ1n) is 8.32. The van der Waals surface area contributed by atoms with Crippen LogP contribution in [-0.4, -0.2) is 22.2 Å². The fourth-order valence-electron chi connectivity index (χ4n) is 2.28. The van der Waals surface area contributed by atoms with Crippen LogP contribution in [0, 0.1) is 0 Å². The number of benzene rings is 2. The first-order valence-corrected chi connectivity index (χ1v) is 9.12. The Morgan fingerprint density at radius 1 is 1.19 bits per heavy atom. The van der Waals surface area contributed by atoms with Gasteiger partial charge in [0.15, 0.2) is 0 Å². The summed E-state index contributed by atoms with van der Waals surface area (Å²) in [5, 5.41) is 9.69. The van der Waals surface area contributed by atoms with E-state index in [-0.39, 0.29) is 12.1 Å². The van der Waals surface area contributed by atoms with Crippen molar-refractivity contribution in [2.45, 2.75) is 26.3 Å². The summed E-state index contributed by atoms with van der Waals surface area (Å²) in [6.45, 7) is 3.98. The molecule has 0 fully saturated rings. The summed E-state index contributed by atoms with van der Waals surface area (Å²) in [5.74, 6) is 0.951. The van der Waals surface area contributed by atoms with E-state index >= 15 is 0 Å². The molecule has 0 aliphatic carbocycles. The minimum absolute atomic E-state index is 0.130. The van der Waals surface area contributed by atoms with Crippen molar-refractivity contribution in [1.82, 2.24) is 15.5 Å². The number of amides is 2. The molecule has 0 bridgehead atoms. The molecule has 2 aromatic carbocycles. The number of rotatable bonds is 5. The van der Waals surface area contributed by atoms with E-state index < -0.39 is 0 Å². The zero-order valence-electron chi connectivity index (χ0n) is 14.5. The van der Waals surface area contributed by atoms with Crippen molar-refractivity contribution in [2.24, 2.45) is 0 Å². The lowest BCUT2D eigenvalue weighted by atomic mass is 10.2. The normalized spacial score (nSPS) is 11.8. The predicted molar refractivity (Wildman–Crippen MR) is 105 cm³/mol. The first-order chi connectivity index (χ1) is 12.5. The van der Waals surface area contributed by atoms with E-state index in [0.29, 0.717) is 17.4 Å². The summed E-state index contributed by atoms with van der Waals surface area (Å²) < 4.78 is 6.29. The molecule has 0 aliphatic heterocycles. The molecule has 134 valence electrons. The monoisotopic (exact) mass is 414 g/mol. The highest BCUT2D eigenvalue weighted by Crippen LogP contribution is 2.25. The predicted octanol–water partition coefficient (Wildman–Crippen LogP) is 5.09. The van der Waals surface area contributed by atoms with Crippen LogP contribution >= 0.6 is 15.9 Å². The average molecular weight is 415 g/mol. The molecular weight excluding hydrogens is 396 g/mol. The zero-order chi connectivity index (χ0) is 18.5. The Labute approximate surface area is 160 Å². The van der Waals surface area contributed by atoms with Gasteiger partial charge in [-0.3, -0.25) is 0 Å². The van der Waals surface area contributed by atoms with Crippen molar-refractivity contribution in [1.29, 1.82) is 0 Å². The van der Waals surface area contributed by atoms with Gasteiger partial charge in [-0.15, -0.1) is 0 Å². The lowest BCUT2D eigenvalue weighted by Crippen LogP contribution is -2.35. The molecule has 1 aromatic heterocycles. The Kier molecular flexibility index (Phi) is 5.68. The van der Waals surface area contributed by atoms with Gasteiger partial charge < -0.3 is 15.2 Å². The number of nitrogens with zero attached hydrogens (tertiary/aromatic N) is 2. The summed E-state index contributed by atoms with van der Waals surface area (Å²) in [5.41, 5.74) is 2.35. The van der Waals surface area contributed by atoms with Gasteiger partial charge in [0, 0.05) is 27.3 Å². The molecule has 2 amide bonds. The maximum atomic E-state index is 11.9. The first kappa shape index (κ1) is 18.1. The molecule has 3 aromatic rings. The molecule has 1 atom stereocenters. The van der Waals surface area contributed by atoms with Crippen molar-refractivity contribution in [3.05, 3.63) is 53.0 Å². The molecule has 26 heavy (non-hydrogen) atoms. The zero-order valence-corrected chi connectivity index (χ0v) is 16.1. The van der Waals surface area contributed by atoms with Crippen molar-refractivity contribution < 1.29 is 9.32 Å². The van der Waals surface area contributed by atoms with Crippen LogP contribution < -0.4 is 10.6 Å². The fourth-order valence-corrected chi connectivity index (χ4v) is 2.67. The molecule has 0 aliphatic rings. The second-order valence-electron chi connectivity index (χ2n) is 5.92. The van der Waals surface area contributed by atoms with Gasteiger partial charge in [-0.25, -0.2) is 4.79 Å². The second kappa shape index (κ2) is 8.14.